The Labute approximate surface area is 183 Å². The molecular formula is C25H19FN4O2. The third-order valence-electron chi connectivity index (χ3n) is 6.04. The molecule has 0 radical (unpaired) electrons. The Hall–Kier alpha value is -4.18. The first kappa shape index (κ1) is 19.8. The molecule has 7 heteroatoms. The molecule has 158 valence electrons. The number of carbonyl (C=O) groups excluding carboxylic acids is 1. The van der Waals surface area contributed by atoms with E-state index in [0.717, 1.165) is 5.56 Å². The number of carbonyl (C=O) groups is 1. The van der Waals surface area contributed by atoms with Crippen molar-refractivity contribution in [3.05, 3.63) is 101 Å². The second-order valence-corrected chi connectivity index (χ2v) is 7.91. The van der Waals surface area contributed by atoms with Gasteiger partial charge in [0.05, 0.1) is 17.8 Å². The number of aromatic nitrogens is 2. The van der Waals surface area contributed by atoms with Crippen molar-refractivity contribution in [1.82, 2.24) is 10.2 Å². The first-order valence-electron chi connectivity index (χ1n) is 10.2. The lowest BCUT2D eigenvalue weighted by Crippen LogP contribution is -2.30. The van der Waals surface area contributed by atoms with Crippen LogP contribution in [0.5, 0.6) is 0 Å². The number of hydrogen-bond acceptors (Lipinski definition) is 5. The van der Waals surface area contributed by atoms with Gasteiger partial charge in [-0.25, -0.2) is 4.39 Å². The van der Waals surface area contributed by atoms with E-state index in [0.29, 0.717) is 41.0 Å². The fraction of sp³-hybridized carbons (Fsp3) is 0.160. The van der Waals surface area contributed by atoms with Crippen LogP contribution >= 0.6 is 0 Å². The number of Topliss-reactive ketones (excluding diaryl/α,β-unsaturated/α-hetero) is 1. The van der Waals surface area contributed by atoms with Crippen molar-refractivity contribution in [1.29, 1.82) is 5.26 Å². The first-order valence-corrected chi connectivity index (χ1v) is 10.2. The topological polar surface area (TPSA) is 105 Å². The molecule has 2 atom stereocenters. The predicted molar refractivity (Wildman–Crippen MR) is 115 cm³/mol. The van der Waals surface area contributed by atoms with Crippen LogP contribution in [0, 0.1) is 17.1 Å². The van der Waals surface area contributed by atoms with Crippen molar-refractivity contribution >= 4 is 5.78 Å². The van der Waals surface area contributed by atoms with Gasteiger partial charge in [-0.15, -0.1) is 0 Å². The van der Waals surface area contributed by atoms with E-state index in [-0.39, 0.29) is 29.0 Å². The minimum Gasteiger partial charge on any atom is -0.444 e. The molecule has 0 fully saturated rings. The molecule has 1 aromatic heterocycles. The summed E-state index contributed by atoms with van der Waals surface area (Å²) in [5.74, 6) is -0.696. The monoisotopic (exact) mass is 426 g/mol. The van der Waals surface area contributed by atoms with Crippen LogP contribution in [0.15, 0.2) is 83.6 Å². The highest BCUT2D eigenvalue weighted by Crippen LogP contribution is 2.48. The number of hydrogen-bond donors (Lipinski definition) is 2. The number of H-pyrrole nitrogens is 1. The molecule has 3 aromatic rings. The largest absolute Gasteiger partial charge is 0.444 e. The molecule has 1 aliphatic heterocycles. The zero-order valence-corrected chi connectivity index (χ0v) is 17.0. The van der Waals surface area contributed by atoms with Crippen molar-refractivity contribution in [3.8, 4) is 17.3 Å². The number of benzene rings is 2. The van der Waals surface area contributed by atoms with E-state index >= 15 is 0 Å². The zero-order valence-electron chi connectivity index (χ0n) is 17.0. The molecule has 3 N–H and O–H groups in total. The number of aromatic amines is 1. The number of nitrogens with one attached hydrogen (secondary N) is 1. The highest BCUT2D eigenvalue weighted by Gasteiger charge is 2.42. The molecular weight excluding hydrogens is 407 g/mol. The van der Waals surface area contributed by atoms with Crippen LogP contribution in [0.1, 0.15) is 35.8 Å². The molecule has 0 saturated carbocycles. The molecule has 0 amide bonds. The fourth-order valence-corrected chi connectivity index (χ4v) is 4.54. The third kappa shape index (κ3) is 3.26. The summed E-state index contributed by atoms with van der Waals surface area (Å²) < 4.78 is 19.3. The number of nitrogens with zero attached hydrogens (tertiary/aromatic N) is 2. The van der Waals surface area contributed by atoms with Gasteiger partial charge in [0.1, 0.15) is 23.2 Å². The van der Waals surface area contributed by atoms with Crippen LogP contribution in [0.25, 0.3) is 11.3 Å². The van der Waals surface area contributed by atoms with Crippen molar-refractivity contribution in [2.75, 3.05) is 0 Å². The summed E-state index contributed by atoms with van der Waals surface area (Å²) in [6, 6.07) is 17.9. The van der Waals surface area contributed by atoms with E-state index in [1.54, 1.807) is 18.3 Å². The van der Waals surface area contributed by atoms with Crippen molar-refractivity contribution in [2.45, 2.75) is 24.7 Å². The lowest BCUT2D eigenvalue weighted by Gasteiger charge is -2.34. The van der Waals surface area contributed by atoms with E-state index in [1.165, 1.54) is 12.1 Å². The van der Waals surface area contributed by atoms with E-state index < -0.39 is 5.92 Å². The van der Waals surface area contributed by atoms with E-state index in [4.69, 9.17) is 10.5 Å². The van der Waals surface area contributed by atoms with Gasteiger partial charge in [0.25, 0.3) is 0 Å². The molecule has 5 rings (SSSR count). The summed E-state index contributed by atoms with van der Waals surface area (Å²) >= 11 is 0. The van der Waals surface area contributed by atoms with Gasteiger partial charge in [0.15, 0.2) is 5.78 Å². The van der Waals surface area contributed by atoms with E-state index in [9.17, 15) is 14.4 Å². The maximum absolute atomic E-state index is 13.4. The van der Waals surface area contributed by atoms with Crippen LogP contribution in [0.3, 0.4) is 0 Å². The molecule has 32 heavy (non-hydrogen) atoms. The highest BCUT2D eigenvalue weighted by molar-refractivity contribution is 6.00. The Balaban J connectivity index is 1.62. The van der Waals surface area contributed by atoms with E-state index in [2.05, 4.69) is 16.3 Å². The Bertz CT molecular complexity index is 1300. The quantitative estimate of drug-likeness (QED) is 0.645. The average Bonchev–Trinajstić information content (AvgIpc) is 3.28. The maximum Gasteiger partial charge on any atom is 0.205 e. The lowest BCUT2D eigenvalue weighted by molar-refractivity contribution is -0.117. The van der Waals surface area contributed by atoms with Gasteiger partial charge in [-0.1, -0.05) is 30.3 Å². The van der Waals surface area contributed by atoms with Crippen LogP contribution in [0.4, 0.5) is 4.39 Å². The summed E-state index contributed by atoms with van der Waals surface area (Å²) in [4.78, 5) is 13.4. The molecule has 2 aliphatic rings. The normalized spacial score (nSPS) is 20.6. The molecule has 1 aliphatic carbocycles. The second kappa shape index (κ2) is 7.82. The van der Waals surface area contributed by atoms with Crippen molar-refractivity contribution in [2.24, 2.45) is 5.73 Å². The van der Waals surface area contributed by atoms with Crippen LogP contribution < -0.4 is 5.73 Å². The number of allylic oxidation sites excluding steroid dienone is 3. The SMILES string of the molecule is N#CC1=C(N)OC2=C(C(=O)C[C@H](c3ccccc3)C2)[C@@H]1c1cn[nH]c1-c1ccc(F)cc1. The van der Waals surface area contributed by atoms with Gasteiger partial charge in [-0.05, 0) is 35.7 Å². The Morgan fingerprint density at radius 3 is 2.59 bits per heavy atom. The summed E-state index contributed by atoms with van der Waals surface area (Å²) in [7, 11) is 0. The minimum atomic E-state index is -0.702. The number of halogens is 1. The summed E-state index contributed by atoms with van der Waals surface area (Å²) in [5, 5.41) is 16.9. The number of ketones is 1. The third-order valence-corrected chi connectivity index (χ3v) is 6.04. The fourth-order valence-electron chi connectivity index (χ4n) is 4.54. The maximum atomic E-state index is 13.4. The van der Waals surface area contributed by atoms with Gasteiger partial charge in [0, 0.05) is 29.5 Å². The van der Waals surface area contributed by atoms with Crippen LogP contribution in [0.2, 0.25) is 0 Å². The lowest BCUT2D eigenvalue weighted by atomic mass is 9.73. The van der Waals surface area contributed by atoms with Crippen LogP contribution in [-0.4, -0.2) is 16.0 Å². The number of nitriles is 1. The first-order chi connectivity index (χ1) is 15.6. The molecule has 0 spiro atoms. The van der Waals surface area contributed by atoms with Crippen LogP contribution in [-0.2, 0) is 9.53 Å². The van der Waals surface area contributed by atoms with Gasteiger partial charge >= 0.3 is 0 Å². The number of rotatable bonds is 3. The Morgan fingerprint density at radius 1 is 1.12 bits per heavy atom. The zero-order chi connectivity index (χ0) is 22.2. The molecule has 6 nitrogen and oxygen atoms in total. The smallest absolute Gasteiger partial charge is 0.205 e. The standard InChI is InChI=1S/C25H19FN4O2/c26-17-8-6-15(7-9-17)24-19(13-29-30-24)22-18(12-27)25(28)32-21-11-16(10-20(31)23(21)22)14-4-2-1-3-5-14/h1-9,13,16,22H,10-11,28H2,(H,29,30)/t16-,22-/m0/s1. The van der Waals surface area contributed by atoms with Crippen molar-refractivity contribution in [3.63, 3.8) is 0 Å². The van der Waals surface area contributed by atoms with Gasteiger partial charge in [-0.2, -0.15) is 10.4 Å². The molecule has 2 aromatic carbocycles. The van der Waals surface area contributed by atoms with E-state index in [1.807, 2.05) is 30.3 Å². The van der Waals surface area contributed by atoms with Gasteiger partial charge in [0.2, 0.25) is 5.88 Å². The van der Waals surface area contributed by atoms with Gasteiger partial charge < -0.3 is 10.5 Å². The molecule has 2 heterocycles. The predicted octanol–water partition coefficient (Wildman–Crippen LogP) is 4.42. The second-order valence-electron chi connectivity index (χ2n) is 7.91. The Morgan fingerprint density at radius 2 is 1.88 bits per heavy atom. The minimum absolute atomic E-state index is 0.0102. The number of ether oxygens (including phenoxy) is 1. The molecule has 0 bridgehead atoms. The molecule has 0 saturated heterocycles. The summed E-state index contributed by atoms with van der Waals surface area (Å²) in [6.07, 6.45) is 2.40. The summed E-state index contributed by atoms with van der Waals surface area (Å²) in [5.41, 5.74) is 9.71. The number of nitrogens with two attached hydrogens (primary N) is 1. The van der Waals surface area contributed by atoms with Gasteiger partial charge in [-0.3, -0.25) is 9.89 Å². The Kier molecular flexibility index (Phi) is 4.83. The average molecular weight is 426 g/mol. The van der Waals surface area contributed by atoms with Crippen molar-refractivity contribution < 1.29 is 13.9 Å². The summed E-state index contributed by atoms with van der Waals surface area (Å²) in [6.45, 7) is 0. The highest BCUT2D eigenvalue weighted by atomic mass is 19.1. The molecule has 0 unspecified atom stereocenters.